The Hall–Kier alpha value is -2.26. The number of pyridine rings is 1. The van der Waals surface area contributed by atoms with Gasteiger partial charge >= 0.3 is 0 Å². The van der Waals surface area contributed by atoms with Gasteiger partial charge in [0.05, 0.1) is 11.9 Å². The fourth-order valence-electron chi connectivity index (χ4n) is 2.10. The Kier molecular flexibility index (Phi) is 2.97. The molecule has 0 aliphatic carbocycles. The molecule has 94 valence electrons. The quantitative estimate of drug-likeness (QED) is 0.758. The maximum Gasteiger partial charge on any atom is 0.141 e. The van der Waals surface area contributed by atoms with E-state index >= 15 is 0 Å². The van der Waals surface area contributed by atoms with Crippen LogP contribution in [0.2, 0.25) is 0 Å². The van der Waals surface area contributed by atoms with E-state index in [1.54, 1.807) is 0 Å². The van der Waals surface area contributed by atoms with Crippen LogP contribution < -0.4 is 0 Å². The van der Waals surface area contributed by atoms with Gasteiger partial charge in [-0.1, -0.05) is 36.4 Å². The van der Waals surface area contributed by atoms with Gasteiger partial charge in [0.15, 0.2) is 0 Å². The van der Waals surface area contributed by atoms with Crippen LogP contribution in [0.5, 0.6) is 0 Å². The van der Waals surface area contributed by atoms with Crippen molar-refractivity contribution in [3.63, 3.8) is 0 Å². The molecule has 3 aromatic rings. The summed E-state index contributed by atoms with van der Waals surface area (Å²) < 4.78 is 12.8. The van der Waals surface area contributed by atoms with Crippen molar-refractivity contribution >= 4 is 10.8 Å². The molecule has 0 amide bonds. The highest BCUT2D eigenvalue weighted by Gasteiger charge is 2.12. The highest BCUT2D eigenvalue weighted by Crippen LogP contribution is 2.24. The zero-order valence-corrected chi connectivity index (χ0v) is 10.1. The maximum absolute atomic E-state index is 12.8. The molecule has 0 aliphatic rings. The first-order valence-corrected chi connectivity index (χ1v) is 6.02. The van der Waals surface area contributed by atoms with Crippen molar-refractivity contribution in [3.05, 3.63) is 77.9 Å². The summed E-state index contributed by atoms with van der Waals surface area (Å²) in [6.45, 7) is 0. The third-order valence-corrected chi connectivity index (χ3v) is 3.12. The van der Waals surface area contributed by atoms with Crippen molar-refractivity contribution in [2.75, 3.05) is 0 Å². The Bertz CT molecular complexity index is 709. The van der Waals surface area contributed by atoms with E-state index < -0.39 is 11.9 Å². The molecule has 3 rings (SSSR count). The lowest BCUT2D eigenvalue weighted by Crippen LogP contribution is -2.02. The van der Waals surface area contributed by atoms with Crippen LogP contribution in [0.4, 0.5) is 4.39 Å². The summed E-state index contributed by atoms with van der Waals surface area (Å²) in [5.41, 5.74) is 1.19. The lowest BCUT2D eigenvalue weighted by atomic mass is 10.0. The van der Waals surface area contributed by atoms with Crippen LogP contribution in [0.1, 0.15) is 17.4 Å². The number of rotatable bonds is 2. The number of halogens is 1. The molecular weight excluding hydrogens is 241 g/mol. The lowest BCUT2D eigenvalue weighted by molar-refractivity contribution is 0.215. The second-order valence-corrected chi connectivity index (χ2v) is 4.41. The highest BCUT2D eigenvalue weighted by molar-refractivity contribution is 5.83. The second-order valence-electron chi connectivity index (χ2n) is 4.41. The third kappa shape index (κ3) is 2.33. The zero-order chi connectivity index (χ0) is 13.2. The van der Waals surface area contributed by atoms with Gasteiger partial charge in [-0.15, -0.1) is 0 Å². The summed E-state index contributed by atoms with van der Waals surface area (Å²) in [4.78, 5) is 3.91. The summed E-state index contributed by atoms with van der Waals surface area (Å²) in [7, 11) is 0. The van der Waals surface area contributed by atoms with Crippen LogP contribution in [0.3, 0.4) is 0 Å². The number of nitrogens with zero attached hydrogens (tertiary/aromatic N) is 1. The van der Waals surface area contributed by atoms with Gasteiger partial charge in [-0.05, 0) is 34.5 Å². The van der Waals surface area contributed by atoms with Gasteiger partial charge < -0.3 is 5.11 Å². The molecule has 1 atom stereocenters. The Balaban J connectivity index is 2.01. The molecule has 2 aromatic carbocycles. The van der Waals surface area contributed by atoms with E-state index in [4.69, 9.17) is 0 Å². The fourth-order valence-corrected chi connectivity index (χ4v) is 2.10. The Morgan fingerprint density at radius 2 is 1.74 bits per heavy atom. The SMILES string of the molecule is OC(c1ccc2ccccc2c1)c1ccc(F)cn1. The predicted molar refractivity (Wildman–Crippen MR) is 72.2 cm³/mol. The number of benzene rings is 2. The number of aliphatic hydroxyl groups excluding tert-OH is 1. The third-order valence-electron chi connectivity index (χ3n) is 3.12. The first kappa shape index (κ1) is 11.8. The van der Waals surface area contributed by atoms with E-state index in [0.717, 1.165) is 22.5 Å². The minimum absolute atomic E-state index is 0.408. The molecule has 1 heterocycles. The van der Waals surface area contributed by atoms with Gasteiger partial charge in [0.2, 0.25) is 0 Å². The van der Waals surface area contributed by atoms with Crippen molar-refractivity contribution < 1.29 is 9.50 Å². The summed E-state index contributed by atoms with van der Waals surface area (Å²) in [6.07, 6.45) is 0.268. The van der Waals surface area contributed by atoms with Crippen molar-refractivity contribution in [1.82, 2.24) is 4.98 Å². The molecule has 0 radical (unpaired) electrons. The van der Waals surface area contributed by atoms with E-state index in [2.05, 4.69) is 4.98 Å². The molecule has 1 unspecified atom stereocenters. The van der Waals surface area contributed by atoms with Crippen LogP contribution in [0.25, 0.3) is 10.8 Å². The minimum atomic E-state index is -0.842. The summed E-state index contributed by atoms with van der Waals surface area (Å²) in [6, 6.07) is 16.5. The highest BCUT2D eigenvalue weighted by atomic mass is 19.1. The van der Waals surface area contributed by atoms with E-state index in [0.29, 0.717) is 5.69 Å². The molecule has 0 saturated heterocycles. The zero-order valence-electron chi connectivity index (χ0n) is 10.1. The Labute approximate surface area is 110 Å². The van der Waals surface area contributed by atoms with Crippen LogP contribution in [0.15, 0.2) is 60.8 Å². The van der Waals surface area contributed by atoms with Crippen LogP contribution in [0, 0.1) is 5.82 Å². The molecule has 3 heteroatoms. The van der Waals surface area contributed by atoms with Gasteiger partial charge in [-0.2, -0.15) is 0 Å². The smallest absolute Gasteiger partial charge is 0.141 e. The molecule has 0 bridgehead atoms. The molecule has 1 aromatic heterocycles. The maximum atomic E-state index is 12.8. The Morgan fingerprint density at radius 1 is 0.947 bits per heavy atom. The number of aliphatic hydroxyl groups is 1. The molecule has 0 spiro atoms. The second kappa shape index (κ2) is 4.78. The van der Waals surface area contributed by atoms with Crippen LogP contribution in [-0.4, -0.2) is 10.1 Å². The molecule has 0 fully saturated rings. The first-order valence-electron chi connectivity index (χ1n) is 6.02. The Morgan fingerprint density at radius 3 is 2.47 bits per heavy atom. The van der Waals surface area contributed by atoms with Crippen molar-refractivity contribution in [2.24, 2.45) is 0 Å². The normalized spacial score (nSPS) is 12.5. The topological polar surface area (TPSA) is 33.1 Å². The fraction of sp³-hybridized carbons (Fsp3) is 0.0625. The molecule has 2 nitrogen and oxygen atoms in total. The summed E-state index contributed by atoms with van der Waals surface area (Å²) >= 11 is 0. The average Bonchev–Trinajstić information content (AvgIpc) is 2.47. The van der Waals surface area contributed by atoms with Crippen molar-refractivity contribution in [1.29, 1.82) is 0 Å². The molecular formula is C16H12FNO. The summed E-state index contributed by atoms with van der Waals surface area (Å²) in [5.74, 6) is -0.408. The van der Waals surface area contributed by atoms with E-state index in [9.17, 15) is 9.50 Å². The number of hydrogen-bond acceptors (Lipinski definition) is 2. The predicted octanol–water partition coefficient (Wildman–Crippen LogP) is 3.46. The van der Waals surface area contributed by atoms with E-state index in [-0.39, 0.29) is 0 Å². The van der Waals surface area contributed by atoms with Gasteiger partial charge in [-0.3, -0.25) is 4.98 Å². The number of aromatic nitrogens is 1. The average molecular weight is 253 g/mol. The van der Waals surface area contributed by atoms with Gasteiger partial charge in [0, 0.05) is 0 Å². The first-order chi connectivity index (χ1) is 9.24. The minimum Gasteiger partial charge on any atom is -0.382 e. The van der Waals surface area contributed by atoms with Gasteiger partial charge in [0.1, 0.15) is 11.9 Å². The van der Waals surface area contributed by atoms with Crippen LogP contribution >= 0.6 is 0 Å². The van der Waals surface area contributed by atoms with Gasteiger partial charge in [0.25, 0.3) is 0 Å². The molecule has 0 aliphatic heterocycles. The monoisotopic (exact) mass is 253 g/mol. The van der Waals surface area contributed by atoms with Crippen molar-refractivity contribution in [3.8, 4) is 0 Å². The molecule has 0 saturated carbocycles. The summed E-state index contributed by atoms with van der Waals surface area (Å²) in [5, 5.41) is 12.4. The van der Waals surface area contributed by atoms with Gasteiger partial charge in [-0.25, -0.2) is 4.39 Å². The van der Waals surface area contributed by atoms with E-state index in [1.165, 1.54) is 12.1 Å². The van der Waals surface area contributed by atoms with Crippen LogP contribution in [-0.2, 0) is 0 Å². The van der Waals surface area contributed by atoms with Crippen molar-refractivity contribution in [2.45, 2.75) is 6.10 Å². The number of fused-ring (bicyclic) bond motifs is 1. The molecule has 1 N–H and O–H groups in total. The lowest BCUT2D eigenvalue weighted by Gasteiger charge is -2.11. The molecule has 19 heavy (non-hydrogen) atoms. The van der Waals surface area contributed by atoms with E-state index in [1.807, 2.05) is 42.5 Å². The number of hydrogen-bond donors (Lipinski definition) is 1. The standard InChI is InChI=1S/C16H12FNO/c17-14-7-8-15(18-10-14)16(19)13-6-5-11-3-1-2-4-12(11)9-13/h1-10,16,19H. The largest absolute Gasteiger partial charge is 0.382 e.